The van der Waals surface area contributed by atoms with Gasteiger partial charge in [0.15, 0.2) is 5.69 Å². The van der Waals surface area contributed by atoms with Crippen molar-refractivity contribution in [1.82, 2.24) is 9.88 Å². The van der Waals surface area contributed by atoms with Crippen LogP contribution in [-0.4, -0.2) is 35.4 Å². The topological polar surface area (TPSA) is 72.6 Å². The van der Waals surface area contributed by atoms with E-state index in [4.69, 9.17) is 4.42 Å². The van der Waals surface area contributed by atoms with Crippen molar-refractivity contribution in [3.05, 3.63) is 17.8 Å². The summed E-state index contributed by atoms with van der Waals surface area (Å²) in [6.07, 6.45) is 6.00. The molecule has 1 rings (SSSR count). The molecular formula is C17H28N2O4. The lowest BCUT2D eigenvalue weighted by atomic mass is 9.97. The fraction of sp³-hybridized carbons (Fsp3) is 0.706. The number of carbonyl (C=O) groups excluding carboxylic acids is 2. The second kappa shape index (κ2) is 10.0. The number of esters is 1. The van der Waals surface area contributed by atoms with Gasteiger partial charge in [0.2, 0.25) is 11.8 Å². The molecule has 1 atom stereocenters. The minimum Gasteiger partial charge on any atom is -0.464 e. The second-order valence-corrected chi connectivity index (χ2v) is 5.63. The summed E-state index contributed by atoms with van der Waals surface area (Å²) in [6.45, 7) is 7.14. The van der Waals surface area contributed by atoms with E-state index in [0.29, 0.717) is 12.4 Å². The number of hydrogen-bond donors (Lipinski definition) is 0. The highest BCUT2D eigenvalue weighted by Crippen LogP contribution is 2.18. The maximum atomic E-state index is 12.7. The van der Waals surface area contributed by atoms with E-state index in [1.165, 1.54) is 13.4 Å². The number of methoxy groups -OCH3 is 1. The Morgan fingerprint density at radius 2 is 2.04 bits per heavy atom. The summed E-state index contributed by atoms with van der Waals surface area (Å²) in [4.78, 5) is 30.0. The summed E-state index contributed by atoms with van der Waals surface area (Å²) in [7, 11) is 1.29. The summed E-state index contributed by atoms with van der Waals surface area (Å²) in [5.74, 6) is -0.00236. The lowest BCUT2D eigenvalue weighted by Crippen LogP contribution is -2.36. The van der Waals surface area contributed by atoms with Crippen LogP contribution in [0.15, 0.2) is 10.7 Å². The first-order valence-corrected chi connectivity index (χ1v) is 8.38. The maximum Gasteiger partial charge on any atom is 0.360 e. The quantitative estimate of drug-likeness (QED) is 0.617. The van der Waals surface area contributed by atoms with Gasteiger partial charge in [-0.2, -0.15) is 0 Å². The Kier molecular flexibility index (Phi) is 8.37. The van der Waals surface area contributed by atoms with E-state index < -0.39 is 5.97 Å². The van der Waals surface area contributed by atoms with E-state index in [0.717, 1.165) is 32.1 Å². The summed E-state index contributed by atoms with van der Waals surface area (Å²) < 4.78 is 9.91. The predicted octanol–water partition coefficient (Wildman–Crippen LogP) is 3.42. The van der Waals surface area contributed by atoms with Crippen LogP contribution in [0.3, 0.4) is 0 Å². The molecule has 0 spiro atoms. The number of nitrogens with zero attached hydrogens (tertiary/aromatic N) is 2. The molecule has 1 heterocycles. The number of unbranched alkanes of at least 4 members (excludes halogenated alkanes) is 1. The number of rotatable bonds is 10. The Balaban J connectivity index is 2.78. The third-order valence-electron chi connectivity index (χ3n) is 3.83. The third kappa shape index (κ3) is 5.69. The van der Waals surface area contributed by atoms with Crippen molar-refractivity contribution in [2.24, 2.45) is 5.92 Å². The van der Waals surface area contributed by atoms with Gasteiger partial charge in [-0.1, -0.05) is 33.6 Å². The van der Waals surface area contributed by atoms with Gasteiger partial charge >= 0.3 is 5.97 Å². The Bertz CT molecular complexity index is 499. The van der Waals surface area contributed by atoms with Gasteiger partial charge < -0.3 is 14.1 Å². The van der Waals surface area contributed by atoms with Gasteiger partial charge in [0, 0.05) is 12.5 Å². The number of aromatic nitrogens is 1. The van der Waals surface area contributed by atoms with E-state index in [1.807, 2.05) is 13.8 Å². The van der Waals surface area contributed by atoms with Gasteiger partial charge in [-0.15, -0.1) is 0 Å². The normalized spacial score (nSPS) is 12.0. The molecule has 0 unspecified atom stereocenters. The van der Waals surface area contributed by atoms with Crippen LogP contribution in [0.5, 0.6) is 0 Å². The summed E-state index contributed by atoms with van der Waals surface area (Å²) in [5.41, 5.74) is 0.129. The largest absolute Gasteiger partial charge is 0.464 e. The van der Waals surface area contributed by atoms with E-state index in [2.05, 4.69) is 16.6 Å². The van der Waals surface area contributed by atoms with Crippen LogP contribution in [0.4, 0.5) is 0 Å². The van der Waals surface area contributed by atoms with Crippen molar-refractivity contribution in [2.75, 3.05) is 13.7 Å². The van der Waals surface area contributed by atoms with Gasteiger partial charge in [0.1, 0.15) is 6.26 Å². The molecule has 1 aromatic rings. The number of hydrogen-bond acceptors (Lipinski definition) is 5. The second-order valence-electron chi connectivity index (χ2n) is 5.63. The third-order valence-corrected chi connectivity index (χ3v) is 3.83. The first-order valence-electron chi connectivity index (χ1n) is 8.38. The van der Waals surface area contributed by atoms with E-state index in [1.54, 1.807) is 4.90 Å². The van der Waals surface area contributed by atoms with Crippen LogP contribution in [0.1, 0.15) is 69.3 Å². The molecule has 0 bridgehead atoms. The molecule has 0 saturated carbocycles. The zero-order chi connectivity index (χ0) is 17.2. The fourth-order valence-electron chi connectivity index (χ4n) is 2.49. The summed E-state index contributed by atoms with van der Waals surface area (Å²) in [6, 6.07) is 0. The average molecular weight is 324 g/mol. The highest BCUT2D eigenvalue weighted by atomic mass is 16.5. The molecule has 1 aromatic heterocycles. The van der Waals surface area contributed by atoms with Crippen molar-refractivity contribution >= 4 is 11.9 Å². The molecular weight excluding hydrogens is 296 g/mol. The van der Waals surface area contributed by atoms with E-state index >= 15 is 0 Å². The van der Waals surface area contributed by atoms with Crippen LogP contribution < -0.4 is 0 Å². The van der Waals surface area contributed by atoms with Gasteiger partial charge in [0.25, 0.3) is 0 Å². The number of amides is 1. The molecule has 0 aliphatic rings. The molecule has 23 heavy (non-hydrogen) atoms. The minimum atomic E-state index is -0.539. The SMILES string of the molecule is CCCC[C@H](CC)C(=O)N(CCC)Cc1nc(C(=O)OC)co1. The van der Waals surface area contributed by atoms with Gasteiger partial charge in [-0.3, -0.25) is 4.79 Å². The zero-order valence-electron chi connectivity index (χ0n) is 14.6. The Labute approximate surface area is 138 Å². The highest BCUT2D eigenvalue weighted by molar-refractivity contribution is 5.86. The molecule has 6 heteroatoms. The number of oxazole rings is 1. The summed E-state index contributed by atoms with van der Waals surface area (Å²) >= 11 is 0. The lowest BCUT2D eigenvalue weighted by Gasteiger charge is -2.25. The molecule has 0 aromatic carbocycles. The molecule has 0 aliphatic heterocycles. The zero-order valence-corrected chi connectivity index (χ0v) is 14.6. The van der Waals surface area contributed by atoms with Crippen molar-refractivity contribution in [3.8, 4) is 0 Å². The van der Waals surface area contributed by atoms with Crippen molar-refractivity contribution in [2.45, 2.75) is 59.4 Å². The molecule has 0 N–H and O–H groups in total. The van der Waals surface area contributed by atoms with Crippen LogP contribution >= 0.6 is 0 Å². The van der Waals surface area contributed by atoms with Crippen molar-refractivity contribution in [1.29, 1.82) is 0 Å². The minimum absolute atomic E-state index is 0.0385. The monoisotopic (exact) mass is 324 g/mol. The first kappa shape index (κ1) is 19.2. The highest BCUT2D eigenvalue weighted by Gasteiger charge is 2.24. The average Bonchev–Trinajstić information content (AvgIpc) is 3.02. The van der Waals surface area contributed by atoms with Crippen LogP contribution in [0, 0.1) is 5.92 Å². The molecule has 6 nitrogen and oxygen atoms in total. The van der Waals surface area contributed by atoms with E-state index in [-0.39, 0.29) is 24.1 Å². The van der Waals surface area contributed by atoms with Gasteiger partial charge in [-0.05, 0) is 19.3 Å². The fourth-order valence-corrected chi connectivity index (χ4v) is 2.49. The van der Waals surface area contributed by atoms with Crippen molar-refractivity contribution < 1.29 is 18.7 Å². The number of ether oxygens (including phenoxy) is 1. The Hall–Kier alpha value is -1.85. The molecule has 130 valence electrons. The van der Waals surface area contributed by atoms with Crippen LogP contribution in [0.25, 0.3) is 0 Å². The standard InChI is InChI=1S/C17H28N2O4/c1-5-8-9-13(7-3)16(20)19(10-6-2)11-15-18-14(12-23-15)17(21)22-4/h12-13H,5-11H2,1-4H3/t13-/m0/s1. The lowest BCUT2D eigenvalue weighted by molar-refractivity contribution is -0.137. The van der Waals surface area contributed by atoms with Gasteiger partial charge in [-0.25, -0.2) is 9.78 Å². The first-order chi connectivity index (χ1) is 11.1. The maximum absolute atomic E-state index is 12.7. The summed E-state index contributed by atoms with van der Waals surface area (Å²) in [5, 5.41) is 0. The van der Waals surface area contributed by atoms with Crippen molar-refractivity contribution in [3.63, 3.8) is 0 Å². The molecule has 0 aliphatic carbocycles. The smallest absolute Gasteiger partial charge is 0.360 e. The Morgan fingerprint density at radius 3 is 2.61 bits per heavy atom. The molecule has 0 fully saturated rings. The van der Waals surface area contributed by atoms with Crippen LogP contribution in [-0.2, 0) is 16.1 Å². The Morgan fingerprint density at radius 1 is 1.30 bits per heavy atom. The van der Waals surface area contributed by atoms with E-state index in [9.17, 15) is 9.59 Å². The predicted molar refractivity (Wildman–Crippen MR) is 86.9 cm³/mol. The molecule has 0 radical (unpaired) electrons. The number of carbonyl (C=O) groups is 2. The van der Waals surface area contributed by atoms with Crippen LogP contribution in [0.2, 0.25) is 0 Å². The molecule has 1 amide bonds. The van der Waals surface area contributed by atoms with Gasteiger partial charge in [0.05, 0.1) is 13.7 Å². The molecule has 0 saturated heterocycles.